The Balaban J connectivity index is 2.12. The maximum absolute atomic E-state index is 13.1. The lowest BCUT2D eigenvalue weighted by molar-refractivity contribution is -0.142. The Bertz CT molecular complexity index is 1140. The number of aliphatic carboxylic acids is 1. The Morgan fingerprint density at radius 3 is 2.24 bits per heavy atom. The van der Waals surface area contributed by atoms with Crippen LogP contribution in [0.4, 0.5) is 0 Å². The summed E-state index contributed by atoms with van der Waals surface area (Å²) in [4.78, 5) is 64.4. The largest absolute Gasteiger partial charge is 0.480 e. The molecule has 1 aromatic heterocycles. The molecule has 0 spiro atoms. The highest BCUT2D eigenvalue weighted by atomic mass is 32.1. The van der Waals surface area contributed by atoms with E-state index in [1.807, 2.05) is 24.3 Å². The number of H-pyrrole nitrogens is 1. The first-order valence-corrected chi connectivity index (χ1v) is 12.4. The van der Waals surface area contributed by atoms with E-state index in [4.69, 9.17) is 11.5 Å². The van der Waals surface area contributed by atoms with Crippen molar-refractivity contribution in [2.45, 2.75) is 57.3 Å². The number of carbonyl (C=O) groups excluding carboxylic acids is 4. The van der Waals surface area contributed by atoms with Crippen molar-refractivity contribution in [3.05, 3.63) is 36.0 Å². The Hall–Kier alpha value is -3.58. The van der Waals surface area contributed by atoms with Crippen LogP contribution in [0.2, 0.25) is 0 Å². The number of amides is 4. The SMILES string of the molecule is CC(C)C(NC(=O)C(CCC(N)=O)NC(=O)C(N)Cc1c[nH]c2ccccc12)C(=O)NC(CS)C(=O)O. The molecule has 0 bridgehead atoms. The standard InChI is InChI=1S/C24H34N6O6S/c1-12(2)20(23(34)29-18(11-37)24(35)36)30-22(33)17(7-8-19(26)31)28-21(32)15(25)9-13-10-27-16-6-4-3-5-14(13)16/h3-6,10,12,15,17-18,20,27,37H,7-9,11,25H2,1-2H3,(H2,26,31)(H,28,32)(H,29,34)(H,30,33)(H,35,36). The quantitative estimate of drug-likeness (QED) is 0.148. The van der Waals surface area contributed by atoms with Gasteiger partial charge in [-0.05, 0) is 30.4 Å². The number of carbonyl (C=O) groups is 5. The molecule has 0 aliphatic rings. The van der Waals surface area contributed by atoms with Gasteiger partial charge >= 0.3 is 5.97 Å². The molecule has 0 saturated heterocycles. The van der Waals surface area contributed by atoms with E-state index in [0.717, 1.165) is 16.5 Å². The fourth-order valence-corrected chi connectivity index (χ4v) is 3.95. The molecule has 0 saturated carbocycles. The summed E-state index contributed by atoms with van der Waals surface area (Å²) in [5.74, 6) is -4.59. The van der Waals surface area contributed by atoms with Crippen LogP contribution in [0.5, 0.6) is 0 Å². The number of nitrogens with one attached hydrogen (secondary N) is 4. The molecule has 9 N–H and O–H groups in total. The topological polar surface area (TPSA) is 209 Å². The number of benzene rings is 1. The highest BCUT2D eigenvalue weighted by Gasteiger charge is 2.31. The smallest absolute Gasteiger partial charge is 0.327 e. The summed E-state index contributed by atoms with van der Waals surface area (Å²) < 4.78 is 0. The Morgan fingerprint density at radius 1 is 1.00 bits per heavy atom. The molecule has 2 aromatic rings. The van der Waals surface area contributed by atoms with Crippen LogP contribution < -0.4 is 27.4 Å². The van der Waals surface area contributed by atoms with Crippen LogP contribution in [0.15, 0.2) is 30.5 Å². The van der Waals surface area contributed by atoms with Gasteiger partial charge < -0.3 is 37.5 Å². The number of nitrogens with two attached hydrogens (primary N) is 2. The van der Waals surface area contributed by atoms with Gasteiger partial charge in [0.2, 0.25) is 23.6 Å². The van der Waals surface area contributed by atoms with Crippen molar-refractivity contribution in [2.24, 2.45) is 17.4 Å². The molecular weight excluding hydrogens is 500 g/mol. The molecule has 37 heavy (non-hydrogen) atoms. The highest BCUT2D eigenvalue weighted by molar-refractivity contribution is 7.80. The molecular formula is C24H34N6O6S. The monoisotopic (exact) mass is 534 g/mol. The number of fused-ring (bicyclic) bond motifs is 1. The maximum atomic E-state index is 13.1. The predicted octanol–water partition coefficient (Wildman–Crippen LogP) is -0.572. The number of aromatic amines is 1. The van der Waals surface area contributed by atoms with Crippen molar-refractivity contribution in [3.63, 3.8) is 0 Å². The van der Waals surface area contributed by atoms with E-state index in [2.05, 4.69) is 33.6 Å². The second-order valence-electron chi connectivity index (χ2n) is 9.05. The minimum Gasteiger partial charge on any atom is -0.480 e. The van der Waals surface area contributed by atoms with E-state index >= 15 is 0 Å². The summed E-state index contributed by atoms with van der Waals surface area (Å²) in [7, 11) is 0. The van der Waals surface area contributed by atoms with Crippen LogP contribution in [0.1, 0.15) is 32.3 Å². The van der Waals surface area contributed by atoms with Gasteiger partial charge in [-0.25, -0.2) is 4.79 Å². The van der Waals surface area contributed by atoms with Crippen molar-refractivity contribution in [1.29, 1.82) is 0 Å². The lowest BCUT2D eigenvalue weighted by Crippen LogP contribution is -2.58. The van der Waals surface area contributed by atoms with Crippen molar-refractivity contribution >= 4 is 53.1 Å². The average molecular weight is 535 g/mol. The van der Waals surface area contributed by atoms with Gasteiger partial charge in [0, 0.05) is 29.3 Å². The van der Waals surface area contributed by atoms with Crippen LogP contribution in [0.25, 0.3) is 10.9 Å². The number of para-hydroxylation sites is 1. The third-order valence-corrected chi connectivity index (χ3v) is 6.17. The molecule has 0 fully saturated rings. The van der Waals surface area contributed by atoms with Crippen LogP contribution >= 0.6 is 12.6 Å². The van der Waals surface area contributed by atoms with Gasteiger partial charge in [-0.1, -0.05) is 32.0 Å². The fourth-order valence-electron chi connectivity index (χ4n) is 3.70. The van der Waals surface area contributed by atoms with Crippen molar-refractivity contribution < 1.29 is 29.1 Å². The van der Waals surface area contributed by atoms with Crippen LogP contribution in [-0.2, 0) is 30.4 Å². The number of rotatable bonds is 14. The first kappa shape index (κ1) is 29.6. The van der Waals surface area contributed by atoms with E-state index in [9.17, 15) is 29.1 Å². The summed E-state index contributed by atoms with van der Waals surface area (Å²) in [5.41, 5.74) is 13.1. The highest BCUT2D eigenvalue weighted by Crippen LogP contribution is 2.19. The van der Waals surface area contributed by atoms with E-state index in [-0.39, 0.29) is 25.0 Å². The van der Waals surface area contributed by atoms with Gasteiger partial charge in [-0.15, -0.1) is 0 Å². The molecule has 1 aromatic carbocycles. The molecule has 1 heterocycles. The third kappa shape index (κ3) is 8.50. The summed E-state index contributed by atoms with van der Waals surface area (Å²) >= 11 is 3.92. The predicted molar refractivity (Wildman–Crippen MR) is 141 cm³/mol. The van der Waals surface area contributed by atoms with Crippen LogP contribution in [0.3, 0.4) is 0 Å². The first-order valence-electron chi connectivity index (χ1n) is 11.8. The zero-order valence-corrected chi connectivity index (χ0v) is 21.6. The van der Waals surface area contributed by atoms with Crippen LogP contribution in [0, 0.1) is 5.92 Å². The number of carboxylic acids is 1. The van der Waals surface area contributed by atoms with Crippen molar-refractivity contribution in [1.82, 2.24) is 20.9 Å². The van der Waals surface area contributed by atoms with Gasteiger partial charge in [0.05, 0.1) is 6.04 Å². The molecule has 4 unspecified atom stereocenters. The van der Waals surface area contributed by atoms with E-state index in [1.165, 1.54) is 0 Å². The minimum atomic E-state index is -1.27. The summed E-state index contributed by atoms with van der Waals surface area (Å²) in [6, 6.07) is 2.97. The summed E-state index contributed by atoms with van der Waals surface area (Å²) in [6.07, 6.45) is 1.64. The Morgan fingerprint density at radius 2 is 1.65 bits per heavy atom. The lowest BCUT2D eigenvalue weighted by Gasteiger charge is -2.26. The summed E-state index contributed by atoms with van der Waals surface area (Å²) in [6.45, 7) is 3.32. The number of carboxylic acid groups (broad SMARTS) is 1. The number of hydrogen-bond acceptors (Lipinski definition) is 7. The van der Waals surface area contributed by atoms with E-state index in [0.29, 0.717) is 0 Å². The summed E-state index contributed by atoms with van der Waals surface area (Å²) in [5, 5.41) is 17.5. The third-order valence-electron chi connectivity index (χ3n) is 5.81. The Kier molecular flexibility index (Phi) is 10.9. The van der Waals surface area contributed by atoms with Crippen molar-refractivity contribution in [2.75, 3.05) is 5.75 Å². The van der Waals surface area contributed by atoms with E-state index < -0.39 is 59.7 Å². The Labute approximate surface area is 219 Å². The lowest BCUT2D eigenvalue weighted by atomic mass is 10.0. The van der Waals surface area contributed by atoms with Gasteiger partial charge in [-0.2, -0.15) is 12.6 Å². The molecule has 4 amide bonds. The van der Waals surface area contributed by atoms with Crippen LogP contribution in [-0.4, -0.2) is 69.6 Å². The number of aromatic nitrogens is 1. The molecule has 0 aliphatic carbocycles. The fraction of sp³-hybridized carbons (Fsp3) is 0.458. The van der Waals surface area contributed by atoms with Crippen molar-refractivity contribution in [3.8, 4) is 0 Å². The average Bonchev–Trinajstić information content (AvgIpc) is 3.25. The molecule has 12 nitrogen and oxygen atoms in total. The van der Waals surface area contributed by atoms with Gasteiger partial charge in [0.25, 0.3) is 0 Å². The maximum Gasteiger partial charge on any atom is 0.327 e. The molecule has 13 heteroatoms. The normalized spacial score (nSPS) is 14.4. The zero-order valence-electron chi connectivity index (χ0n) is 20.7. The molecule has 202 valence electrons. The van der Waals surface area contributed by atoms with E-state index in [1.54, 1.807) is 20.0 Å². The second kappa shape index (κ2) is 13.7. The first-order chi connectivity index (χ1) is 17.4. The number of thiol groups is 1. The number of primary amides is 1. The molecule has 2 rings (SSSR count). The zero-order chi connectivity index (χ0) is 27.7. The number of hydrogen-bond donors (Lipinski definition) is 8. The van der Waals surface area contributed by atoms with Gasteiger partial charge in [0.1, 0.15) is 18.1 Å². The minimum absolute atomic E-state index is 0.118. The van der Waals surface area contributed by atoms with Gasteiger partial charge in [0.15, 0.2) is 0 Å². The molecule has 0 radical (unpaired) electrons. The molecule has 4 atom stereocenters. The van der Waals surface area contributed by atoms with Gasteiger partial charge in [-0.3, -0.25) is 19.2 Å². The molecule has 0 aliphatic heterocycles. The second-order valence-corrected chi connectivity index (χ2v) is 9.41.